The number of carbonyl (C=O) groups is 1. The first-order valence-corrected chi connectivity index (χ1v) is 9.65. The van der Waals surface area contributed by atoms with E-state index in [-0.39, 0.29) is 0 Å². The maximum Gasteiger partial charge on any atom is 0.236 e. The predicted octanol–water partition coefficient (Wildman–Crippen LogP) is 2.58. The van der Waals surface area contributed by atoms with E-state index in [9.17, 15) is 4.79 Å². The summed E-state index contributed by atoms with van der Waals surface area (Å²) in [5, 5.41) is 0. The lowest BCUT2D eigenvalue weighted by molar-refractivity contribution is -0.134. The van der Waals surface area contributed by atoms with Crippen LogP contribution in [0.4, 0.5) is 0 Å². The molecule has 25 heavy (non-hydrogen) atoms. The van der Waals surface area contributed by atoms with E-state index < -0.39 is 0 Å². The van der Waals surface area contributed by atoms with E-state index in [4.69, 9.17) is 0 Å². The molecular formula is C21H31N3O. The number of hydrogen-bond acceptors (Lipinski definition) is 3. The third kappa shape index (κ3) is 5.68. The van der Waals surface area contributed by atoms with Gasteiger partial charge in [0, 0.05) is 39.3 Å². The van der Waals surface area contributed by atoms with Crippen molar-refractivity contribution in [1.82, 2.24) is 14.7 Å². The molecule has 0 aliphatic carbocycles. The van der Waals surface area contributed by atoms with Gasteiger partial charge in [-0.05, 0) is 30.9 Å². The molecule has 1 amide bonds. The standard InChI is InChI=1S/C21H31N3O/c1-19-7-5-12-23(17-19)18-21(25)24-15-13-22(14-16-24)11-6-10-20-8-3-2-4-9-20/h2-4,6,8-10,19H,5,7,11-18H2,1H3/b10-6+. The fourth-order valence-corrected chi connectivity index (χ4v) is 3.80. The van der Waals surface area contributed by atoms with E-state index in [1.165, 1.54) is 18.4 Å². The van der Waals surface area contributed by atoms with Gasteiger partial charge in [0.15, 0.2) is 0 Å². The zero-order valence-electron chi connectivity index (χ0n) is 15.4. The van der Waals surface area contributed by atoms with Crippen molar-refractivity contribution in [2.45, 2.75) is 19.8 Å². The lowest BCUT2D eigenvalue weighted by atomic mass is 10.0. The molecule has 2 saturated heterocycles. The molecule has 0 saturated carbocycles. The molecule has 1 aromatic carbocycles. The number of carbonyl (C=O) groups excluding carboxylic acids is 1. The van der Waals surface area contributed by atoms with Crippen molar-refractivity contribution in [1.29, 1.82) is 0 Å². The van der Waals surface area contributed by atoms with Gasteiger partial charge in [-0.1, -0.05) is 49.4 Å². The molecule has 4 heteroatoms. The van der Waals surface area contributed by atoms with Gasteiger partial charge in [-0.25, -0.2) is 0 Å². The lowest BCUT2D eigenvalue weighted by Gasteiger charge is -2.36. The normalized spacial score (nSPS) is 23.2. The van der Waals surface area contributed by atoms with Crippen molar-refractivity contribution in [3.63, 3.8) is 0 Å². The molecular weight excluding hydrogens is 310 g/mol. The van der Waals surface area contributed by atoms with Crippen LogP contribution in [0, 0.1) is 5.92 Å². The van der Waals surface area contributed by atoms with Gasteiger partial charge in [0.05, 0.1) is 6.54 Å². The molecule has 0 radical (unpaired) electrons. The van der Waals surface area contributed by atoms with Crippen molar-refractivity contribution < 1.29 is 4.79 Å². The van der Waals surface area contributed by atoms with Gasteiger partial charge in [-0.3, -0.25) is 14.6 Å². The monoisotopic (exact) mass is 341 g/mol. The van der Waals surface area contributed by atoms with E-state index >= 15 is 0 Å². The number of likely N-dealkylation sites (tertiary alicyclic amines) is 1. The van der Waals surface area contributed by atoms with Crippen LogP contribution in [-0.4, -0.2) is 73.0 Å². The first-order chi connectivity index (χ1) is 12.2. The van der Waals surface area contributed by atoms with Gasteiger partial charge in [0.2, 0.25) is 5.91 Å². The third-order valence-electron chi connectivity index (χ3n) is 5.30. The maximum absolute atomic E-state index is 12.5. The summed E-state index contributed by atoms with van der Waals surface area (Å²) in [6, 6.07) is 10.4. The van der Waals surface area contributed by atoms with Gasteiger partial charge >= 0.3 is 0 Å². The Morgan fingerprint density at radius 1 is 1.08 bits per heavy atom. The van der Waals surface area contributed by atoms with E-state index in [1.54, 1.807) is 0 Å². The number of amides is 1. The second-order valence-electron chi connectivity index (χ2n) is 7.48. The van der Waals surface area contributed by atoms with Crippen LogP contribution >= 0.6 is 0 Å². The highest BCUT2D eigenvalue weighted by Gasteiger charge is 2.24. The Morgan fingerprint density at radius 2 is 1.84 bits per heavy atom. The number of piperazine rings is 1. The molecule has 2 heterocycles. The molecule has 136 valence electrons. The fourth-order valence-electron chi connectivity index (χ4n) is 3.80. The van der Waals surface area contributed by atoms with Crippen LogP contribution in [0.5, 0.6) is 0 Å². The number of hydrogen-bond donors (Lipinski definition) is 0. The largest absolute Gasteiger partial charge is 0.339 e. The van der Waals surface area contributed by atoms with Gasteiger partial charge in [-0.2, -0.15) is 0 Å². The van der Waals surface area contributed by atoms with Crippen LogP contribution in [0.15, 0.2) is 36.4 Å². The molecule has 0 N–H and O–H groups in total. The van der Waals surface area contributed by atoms with Crippen LogP contribution in [-0.2, 0) is 4.79 Å². The summed E-state index contributed by atoms with van der Waals surface area (Å²) in [5.74, 6) is 1.04. The lowest BCUT2D eigenvalue weighted by Crippen LogP contribution is -2.51. The Bertz CT molecular complexity index is 564. The molecule has 2 fully saturated rings. The van der Waals surface area contributed by atoms with Crippen LogP contribution in [0.3, 0.4) is 0 Å². The summed E-state index contributed by atoms with van der Waals surface area (Å²) in [6.45, 7) is 9.69. The Kier molecular flexibility index (Phi) is 6.65. The molecule has 1 aromatic rings. The molecule has 0 bridgehead atoms. The highest BCUT2D eigenvalue weighted by Crippen LogP contribution is 2.15. The highest BCUT2D eigenvalue weighted by atomic mass is 16.2. The van der Waals surface area contributed by atoms with E-state index in [0.29, 0.717) is 12.5 Å². The first kappa shape index (κ1) is 18.2. The Hall–Kier alpha value is -1.65. The van der Waals surface area contributed by atoms with Crippen LogP contribution in [0.25, 0.3) is 6.08 Å². The van der Waals surface area contributed by atoms with Gasteiger partial charge in [0.25, 0.3) is 0 Å². The SMILES string of the molecule is CC1CCCN(CC(=O)N2CCN(C/C=C/c3ccccc3)CC2)C1. The van der Waals surface area contributed by atoms with Gasteiger partial charge in [-0.15, -0.1) is 0 Å². The number of benzene rings is 1. The first-order valence-electron chi connectivity index (χ1n) is 9.65. The topological polar surface area (TPSA) is 26.8 Å². The maximum atomic E-state index is 12.5. The summed E-state index contributed by atoms with van der Waals surface area (Å²) in [4.78, 5) is 19.3. The summed E-state index contributed by atoms with van der Waals surface area (Å²) in [7, 11) is 0. The second-order valence-corrected chi connectivity index (χ2v) is 7.48. The third-order valence-corrected chi connectivity index (χ3v) is 5.30. The minimum atomic E-state index is 0.313. The summed E-state index contributed by atoms with van der Waals surface area (Å²) in [6.07, 6.45) is 6.94. The van der Waals surface area contributed by atoms with Crippen molar-refractivity contribution in [2.75, 3.05) is 52.4 Å². The minimum absolute atomic E-state index is 0.313. The Morgan fingerprint density at radius 3 is 2.56 bits per heavy atom. The molecule has 4 nitrogen and oxygen atoms in total. The zero-order valence-corrected chi connectivity index (χ0v) is 15.4. The second kappa shape index (κ2) is 9.16. The van der Waals surface area contributed by atoms with Crippen molar-refractivity contribution >= 4 is 12.0 Å². The summed E-state index contributed by atoms with van der Waals surface area (Å²) >= 11 is 0. The number of nitrogens with zero attached hydrogens (tertiary/aromatic N) is 3. The highest BCUT2D eigenvalue weighted by molar-refractivity contribution is 5.78. The quantitative estimate of drug-likeness (QED) is 0.824. The fraction of sp³-hybridized carbons (Fsp3) is 0.571. The smallest absolute Gasteiger partial charge is 0.236 e. The molecule has 2 aliphatic rings. The molecule has 1 unspecified atom stereocenters. The average Bonchev–Trinajstić information content (AvgIpc) is 2.63. The Labute approximate surface area is 152 Å². The molecule has 1 atom stereocenters. The van der Waals surface area contributed by atoms with E-state index in [1.807, 2.05) is 6.07 Å². The van der Waals surface area contributed by atoms with E-state index in [2.05, 4.69) is 58.0 Å². The molecule has 0 aromatic heterocycles. The summed E-state index contributed by atoms with van der Waals surface area (Å²) in [5.41, 5.74) is 1.24. The van der Waals surface area contributed by atoms with E-state index in [0.717, 1.165) is 51.7 Å². The molecule has 0 spiro atoms. The number of rotatable bonds is 5. The van der Waals surface area contributed by atoms with Crippen molar-refractivity contribution in [3.8, 4) is 0 Å². The molecule has 2 aliphatic heterocycles. The van der Waals surface area contributed by atoms with Crippen molar-refractivity contribution in [3.05, 3.63) is 42.0 Å². The van der Waals surface area contributed by atoms with Crippen LogP contribution < -0.4 is 0 Å². The predicted molar refractivity (Wildman–Crippen MR) is 103 cm³/mol. The number of piperidine rings is 1. The van der Waals surface area contributed by atoms with Gasteiger partial charge < -0.3 is 4.90 Å². The summed E-state index contributed by atoms with van der Waals surface area (Å²) < 4.78 is 0. The van der Waals surface area contributed by atoms with Crippen LogP contribution in [0.2, 0.25) is 0 Å². The van der Waals surface area contributed by atoms with Crippen LogP contribution in [0.1, 0.15) is 25.3 Å². The van der Waals surface area contributed by atoms with Crippen molar-refractivity contribution in [2.24, 2.45) is 5.92 Å². The van der Waals surface area contributed by atoms with Gasteiger partial charge in [0.1, 0.15) is 0 Å². The zero-order chi connectivity index (χ0) is 17.5. The minimum Gasteiger partial charge on any atom is -0.339 e. The molecule has 3 rings (SSSR count). The Balaban J connectivity index is 1.38. The average molecular weight is 341 g/mol.